The monoisotopic (exact) mass is 409 g/mol. The molecule has 8 heteroatoms. The number of nitrogens with one attached hydrogen (secondary N) is 2. The van der Waals surface area contributed by atoms with Gasteiger partial charge in [-0.3, -0.25) is 10.3 Å². The lowest BCUT2D eigenvalue weighted by Crippen LogP contribution is -2.49. The lowest BCUT2D eigenvalue weighted by atomic mass is 9.65. The van der Waals surface area contributed by atoms with Crippen LogP contribution in [0.4, 0.5) is 14.6 Å². The van der Waals surface area contributed by atoms with Crippen molar-refractivity contribution in [1.29, 1.82) is 0 Å². The topological polar surface area (TPSA) is 83.0 Å². The summed E-state index contributed by atoms with van der Waals surface area (Å²) in [5.41, 5.74) is 3.08. The second-order valence-corrected chi connectivity index (χ2v) is 7.93. The van der Waals surface area contributed by atoms with E-state index in [4.69, 9.17) is 0 Å². The van der Waals surface area contributed by atoms with Crippen LogP contribution in [-0.2, 0) is 12.0 Å². The van der Waals surface area contributed by atoms with Crippen LogP contribution in [0.3, 0.4) is 0 Å². The Hall–Kier alpha value is -2.97. The van der Waals surface area contributed by atoms with E-state index in [-0.39, 0.29) is 12.8 Å². The summed E-state index contributed by atoms with van der Waals surface area (Å²) in [6.07, 6.45) is 0.366. The molecule has 1 unspecified atom stereocenters. The fourth-order valence-corrected chi connectivity index (χ4v) is 4.42. The van der Waals surface area contributed by atoms with Crippen molar-refractivity contribution in [2.24, 2.45) is 0 Å². The predicted molar refractivity (Wildman–Crippen MR) is 108 cm³/mol. The molecule has 1 saturated carbocycles. The van der Waals surface area contributed by atoms with Gasteiger partial charge >= 0.3 is 0 Å². The number of benzene rings is 1. The Morgan fingerprint density at radius 2 is 2.00 bits per heavy atom. The first kappa shape index (κ1) is 19.0. The minimum absolute atomic E-state index is 0.227. The van der Waals surface area contributed by atoms with Crippen LogP contribution in [-0.4, -0.2) is 33.0 Å². The summed E-state index contributed by atoms with van der Waals surface area (Å²) in [6.45, 7) is 0.892. The molecule has 5 rings (SSSR count). The zero-order valence-corrected chi connectivity index (χ0v) is 16.1. The second kappa shape index (κ2) is 7.37. The summed E-state index contributed by atoms with van der Waals surface area (Å²) in [5, 5.41) is 24.7. The van der Waals surface area contributed by atoms with Gasteiger partial charge in [-0.1, -0.05) is 18.2 Å². The summed E-state index contributed by atoms with van der Waals surface area (Å²) in [6, 6.07) is 12.3. The molecule has 0 spiro atoms. The fraction of sp³-hybridized carbons (Fsp3) is 0.318. The highest BCUT2D eigenvalue weighted by Gasteiger charge is 2.48. The third-order valence-corrected chi connectivity index (χ3v) is 6.01. The van der Waals surface area contributed by atoms with Crippen molar-refractivity contribution in [1.82, 2.24) is 20.5 Å². The van der Waals surface area contributed by atoms with Gasteiger partial charge in [-0.25, -0.2) is 8.78 Å². The van der Waals surface area contributed by atoms with E-state index in [1.807, 2.05) is 24.3 Å². The Balaban J connectivity index is 1.34. The Kier molecular flexibility index (Phi) is 4.67. The average molecular weight is 409 g/mol. The number of hydrogen-bond acceptors (Lipinski definition) is 6. The first-order valence-corrected chi connectivity index (χ1v) is 9.92. The van der Waals surface area contributed by atoms with Gasteiger partial charge < -0.3 is 10.4 Å². The summed E-state index contributed by atoms with van der Waals surface area (Å²) >= 11 is 0. The predicted octanol–water partition coefficient (Wildman–Crippen LogP) is 3.25. The maximum atomic E-state index is 14.3. The smallest absolute Gasteiger partial charge is 0.148 e. The summed E-state index contributed by atoms with van der Waals surface area (Å²) in [4.78, 5) is 4.17. The number of nitrogens with zero attached hydrogens (tertiary/aromatic N) is 3. The van der Waals surface area contributed by atoms with E-state index in [9.17, 15) is 13.9 Å². The molecule has 0 saturated heterocycles. The van der Waals surface area contributed by atoms with Crippen molar-refractivity contribution in [3.8, 4) is 11.3 Å². The number of aliphatic hydroxyl groups excluding tert-OH is 1. The molecular formula is C22H21F2N5O. The van der Waals surface area contributed by atoms with Crippen molar-refractivity contribution in [3.05, 3.63) is 71.3 Å². The molecule has 30 heavy (non-hydrogen) atoms. The van der Waals surface area contributed by atoms with Crippen LogP contribution in [0.5, 0.6) is 0 Å². The van der Waals surface area contributed by atoms with Crippen molar-refractivity contribution < 1.29 is 13.9 Å². The number of fused-ring (bicyclic) bond motifs is 1. The van der Waals surface area contributed by atoms with Crippen LogP contribution in [0, 0.1) is 5.82 Å². The lowest BCUT2D eigenvalue weighted by molar-refractivity contribution is 0.0964. The summed E-state index contributed by atoms with van der Waals surface area (Å²) < 4.78 is 28.0. The molecule has 2 aromatic heterocycles. The quantitative estimate of drug-likeness (QED) is 0.600. The Morgan fingerprint density at radius 3 is 2.73 bits per heavy atom. The first-order valence-electron chi connectivity index (χ1n) is 9.92. The van der Waals surface area contributed by atoms with E-state index < -0.39 is 23.6 Å². The fourth-order valence-electron chi connectivity index (χ4n) is 4.42. The van der Waals surface area contributed by atoms with E-state index in [1.54, 1.807) is 6.07 Å². The van der Waals surface area contributed by atoms with Crippen LogP contribution in [0.1, 0.15) is 35.9 Å². The number of aliphatic hydroxyl groups is 1. The van der Waals surface area contributed by atoms with Crippen LogP contribution in [0.25, 0.3) is 11.3 Å². The summed E-state index contributed by atoms with van der Waals surface area (Å²) in [7, 11) is 0. The van der Waals surface area contributed by atoms with Gasteiger partial charge in [0.1, 0.15) is 24.0 Å². The molecule has 3 heterocycles. The number of aromatic nitrogens is 3. The maximum Gasteiger partial charge on any atom is 0.148 e. The largest absolute Gasteiger partial charge is 0.374 e. The van der Waals surface area contributed by atoms with Crippen molar-refractivity contribution in [2.45, 2.75) is 37.2 Å². The minimum Gasteiger partial charge on any atom is -0.374 e. The molecule has 0 amide bonds. The molecule has 1 fully saturated rings. The molecule has 6 nitrogen and oxygen atoms in total. The van der Waals surface area contributed by atoms with Gasteiger partial charge in [0.15, 0.2) is 0 Å². The molecule has 0 bridgehead atoms. The highest BCUT2D eigenvalue weighted by molar-refractivity contribution is 5.66. The normalized spacial score (nSPS) is 24.9. The molecule has 3 N–H and O–H groups in total. The Labute approximate surface area is 172 Å². The molecule has 1 aliphatic heterocycles. The van der Waals surface area contributed by atoms with E-state index in [0.717, 1.165) is 16.7 Å². The SMILES string of the molecule is OC1NCc2c(-c3ccc(NCC4(c5ncccc5F)CC(F)C4)nn3)cccc21. The molecule has 2 aliphatic rings. The van der Waals surface area contributed by atoms with Crippen LogP contribution in [0.2, 0.25) is 0 Å². The third kappa shape index (κ3) is 3.22. The first-order chi connectivity index (χ1) is 14.6. The highest BCUT2D eigenvalue weighted by atomic mass is 19.1. The lowest BCUT2D eigenvalue weighted by Gasteiger charge is -2.44. The molecule has 3 aromatic rings. The van der Waals surface area contributed by atoms with Crippen molar-refractivity contribution in [2.75, 3.05) is 11.9 Å². The molecule has 1 aromatic carbocycles. The Morgan fingerprint density at radius 1 is 1.13 bits per heavy atom. The second-order valence-electron chi connectivity index (χ2n) is 7.93. The van der Waals surface area contributed by atoms with E-state index >= 15 is 0 Å². The van der Waals surface area contributed by atoms with E-state index in [0.29, 0.717) is 30.3 Å². The zero-order valence-electron chi connectivity index (χ0n) is 16.1. The molecule has 154 valence electrons. The van der Waals surface area contributed by atoms with Crippen molar-refractivity contribution >= 4 is 5.82 Å². The number of halogens is 2. The Bertz CT molecular complexity index is 1070. The van der Waals surface area contributed by atoms with Gasteiger partial charge in [0, 0.05) is 35.8 Å². The number of pyridine rings is 1. The minimum atomic E-state index is -0.953. The van der Waals surface area contributed by atoms with Gasteiger partial charge in [0.25, 0.3) is 0 Å². The van der Waals surface area contributed by atoms with Gasteiger partial charge in [0.2, 0.25) is 0 Å². The maximum absolute atomic E-state index is 14.3. The highest BCUT2D eigenvalue weighted by Crippen LogP contribution is 2.45. The number of alkyl halides is 1. The van der Waals surface area contributed by atoms with Crippen LogP contribution < -0.4 is 10.6 Å². The number of rotatable bonds is 5. The molecule has 1 aliphatic carbocycles. The zero-order chi connectivity index (χ0) is 20.7. The standard InChI is InChI=1S/C22H21F2N5O/c23-13-9-22(10-13,20-17(24)5-2-8-25-20)12-27-19-7-6-18(28-29-19)14-3-1-4-15-16(14)11-26-21(15)30/h1-8,13,21,26,30H,9-12H2,(H,27,29). The van der Waals surface area contributed by atoms with E-state index in [2.05, 4.69) is 25.8 Å². The van der Waals surface area contributed by atoms with Gasteiger partial charge in [-0.2, -0.15) is 0 Å². The number of anilines is 1. The third-order valence-electron chi connectivity index (χ3n) is 6.01. The molecule has 1 atom stereocenters. The summed E-state index contributed by atoms with van der Waals surface area (Å²) in [5.74, 6) is 0.115. The molecule has 0 radical (unpaired) electrons. The van der Waals surface area contributed by atoms with Gasteiger partial charge in [0.05, 0.1) is 11.4 Å². The average Bonchev–Trinajstić information content (AvgIpc) is 3.12. The molecular weight excluding hydrogens is 388 g/mol. The number of hydrogen-bond donors (Lipinski definition) is 3. The van der Waals surface area contributed by atoms with Gasteiger partial charge in [-0.15, -0.1) is 10.2 Å². The van der Waals surface area contributed by atoms with Crippen molar-refractivity contribution in [3.63, 3.8) is 0 Å². The van der Waals surface area contributed by atoms with E-state index in [1.165, 1.54) is 18.3 Å². The van der Waals surface area contributed by atoms with Crippen LogP contribution >= 0.6 is 0 Å². The van der Waals surface area contributed by atoms with Crippen LogP contribution in [0.15, 0.2) is 48.7 Å². The van der Waals surface area contributed by atoms with Gasteiger partial charge in [-0.05, 0) is 42.7 Å².